The number of nitrogens with one attached hydrogen (secondary N) is 2. The molecule has 2 saturated heterocycles. The SMILES string of the molecule is CC1(C)NC(=O)CCC1NC1CCN(Cc2ccccc2Cl)CC1. The zero-order valence-corrected chi connectivity index (χ0v) is 15.4. The van der Waals surface area contributed by atoms with E-state index in [0.717, 1.165) is 43.9 Å². The number of nitrogens with zero attached hydrogens (tertiary/aromatic N) is 1. The summed E-state index contributed by atoms with van der Waals surface area (Å²) >= 11 is 6.27. The molecule has 0 bridgehead atoms. The van der Waals surface area contributed by atoms with E-state index in [9.17, 15) is 4.79 Å². The molecule has 1 unspecified atom stereocenters. The lowest BCUT2D eigenvalue weighted by molar-refractivity contribution is -0.125. The maximum absolute atomic E-state index is 11.6. The van der Waals surface area contributed by atoms with E-state index in [1.165, 1.54) is 5.56 Å². The molecule has 24 heavy (non-hydrogen) atoms. The third kappa shape index (κ3) is 4.29. The number of carbonyl (C=O) groups excluding carboxylic acids is 1. The van der Waals surface area contributed by atoms with E-state index in [1.54, 1.807) is 0 Å². The minimum absolute atomic E-state index is 0.163. The van der Waals surface area contributed by atoms with E-state index in [0.29, 0.717) is 18.5 Å². The Kier molecular flexibility index (Phi) is 5.48. The van der Waals surface area contributed by atoms with Gasteiger partial charge >= 0.3 is 0 Å². The second-order valence-corrected chi connectivity index (χ2v) is 8.08. The van der Waals surface area contributed by atoms with E-state index < -0.39 is 0 Å². The number of amides is 1. The lowest BCUT2D eigenvalue weighted by Gasteiger charge is -2.43. The molecule has 1 amide bonds. The van der Waals surface area contributed by atoms with E-state index >= 15 is 0 Å². The van der Waals surface area contributed by atoms with Gasteiger partial charge in [0.15, 0.2) is 0 Å². The maximum Gasteiger partial charge on any atom is 0.220 e. The van der Waals surface area contributed by atoms with Crippen LogP contribution >= 0.6 is 11.6 Å². The summed E-state index contributed by atoms with van der Waals surface area (Å²) in [7, 11) is 0. The maximum atomic E-state index is 11.6. The number of carbonyl (C=O) groups is 1. The molecule has 2 aliphatic heterocycles. The Morgan fingerprint density at radius 2 is 1.96 bits per heavy atom. The van der Waals surface area contributed by atoms with Crippen LogP contribution < -0.4 is 10.6 Å². The molecule has 1 aromatic rings. The van der Waals surface area contributed by atoms with Crippen molar-refractivity contribution >= 4 is 17.5 Å². The topological polar surface area (TPSA) is 44.4 Å². The lowest BCUT2D eigenvalue weighted by atomic mass is 9.85. The van der Waals surface area contributed by atoms with Gasteiger partial charge in [0.1, 0.15) is 0 Å². The first-order valence-electron chi connectivity index (χ1n) is 8.97. The minimum Gasteiger partial charge on any atom is -0.350 e. The molecule has 0 aliphatic carbocycles. The number of hydrogen-bond acceptors (Lipinski definition) is 3. The number of likely N-dealkylation sites (tertiary alicyclic amines) is 1. The fraction of sp³-hybridized carbons (Fsp3) is 0.632. The van der Waals surface area contributed by atoms with Gasteiger partial charge in [-0.1, -0.05) is 29.8 Å². The first kappa shape index (κ1) is 17.7. The molecule has 0 saturated carbocycles. The number of piperidine rings is 2. The van der Waals surface area contributed by atoms with Gasteiger partial charge in [-0.3, -0.25) is 9.69 Å². The van der Waals surface area contributed by atoms with Crippen molar-refractivity contribution in [2.75, 3.05) is 13.1 Å². The molecule has 4 nitrogen and oxygen atoms in total. The molecule has 2 aliphatic rings. The van der Waals surface area contributed by atoms with Crippen LogP contribution in [0.4, 0.5) is 0 Å². The van der Waals surface area contributed by atoms with Gasteiger partial charge in [0, 0.05) is 35.6 Å². The van der Waals surface area contributed by atoms with Gasteiger partial charge in [0.2, 0.25) is 5.91 Å². The van der Waals surface area contributed by atoms with Crippen LogP contribution in [0.15, 0.2) is 24.3 Å². The molecule has 2 N–H and O–H groups in total. The number of rotatable bonds is 4. The summed E-state index contributed by atoms with van der Waals surface area (Å²) < 4.78 is 0. The molecule has 1 aromatic carbocycles. The van der Waals surface area contributed by atoms with Crippen molar-refractivity contribution < 1.29 is 4.79 Å². The average molecular weight is 350 g/mol. The van der Waals surface area contributed by atoms with Crippen molar-refractivity contribution in [3.63, 3.8) is 0 Å². The number of hydrogen-bond donors (Lipinski definition) is 2. The molecular formula is C19H28ClN3O. The Labute approximate surface area is 149 Å². The molecule has 3 rings (SSSR count). The molecule has 132 valence electrons. The highest BCUT2D eigenvalue weighted by molar-refractivity contribution is 6.31. The Morgan fingerprint density at radius 3 is 2.62 bits per heavy atom. The van der Waals surface area contributed by atoms with E-state index in [1.807, 2.05) is 12.1 Å². The normalized spacial score (nSPS) is 25.5. The van der Waals surface area contributed by atoms with Crippen LogP contribution in [0.1, 0.15) is 45.1 Å². The van der Waals surface area contributed by atoms with Crippen molar-refractivity contribution in [2.45, 2.75) is 63.7 Å². The van der Waals surface area contributed by atoms with E-state index in [-0.39, 0.29) is 11.4 Å². The summed E-state index contributed by atoms with van der Waals surface area (Å²) in [6.45, 7) is 7.34. The summed E-state index contributed by atoms with van der Waals surface area (Å²) in [5, 5.41) is 7.77. The third-order valence-electron chi connectivity index (χ3n) is 5.37. The fourth-order valence-corrected chi connectivity index (χ4v) is 4.04. The summed E-state index contributed by atoms with van der Waals surface area (Å²) in [5.74, 6) is 0.174. The molecule has 0 spiro atoms. The summed E-state index contributed by atoms with van der Waals surface area (Å²) in [4.78, 5) is 14.1. The first-order chi connectivity index (χ1) is 11.4. The van der Waals surface area contributed by atoms with Gasteiger partial charge in [-0.15, -0.1) is 0 Å². The van der Waals surface area contributed by atoms with E-state index in [4.69, 9.17) is 11.6 Å². The predicted molar refractivity (Wildman–Crippen MR) is 98.1 cm³/mol. The number of halogens is 1. The lowest BCUT2D eigenvalue weighted by Crippen LogP contribution is -2.63. The van der Waals surface area contributed by atoms with Crippen LogP contribution in [0.5, 0.6) is 0 Å². The van der Waals surface area contributed by atoms with Gasteiger partial charge in [0.25, 0.3) is 0 Å². The fourth-order valence-electron chi connectivity index (χ4n) is 3.85. The van der Waals surface area contributed by atoms with Crippen LogP contribution in [0.25, 0.3) is 0 Å². The minimum atomic E-state index is -0.163. The highest BCUT2D eigenvalue weighted by atomic mass is 35.5. The van der Waals surface area contributed by atoms with Gasteiger partial charge < -0.3 is 10.6 Å². The quantitative estimate of drug-likeness (QED) is 0.878. The Morgan fingerprint density at radius 1 is 1.25 bits per heavy atom. The van der Waals surface area contributed by atoms with Crippen molar-refractivity contribution in [2.24, 2.45) is 0 Å². The highest BCUT2D eigenvalue weighted by Gasteiger charge is 2.36. The van der Waals surface area contributed by atoms with Gasteiger partial charge in [-0.2, -0.15) is 0 Å². The van der Waals surface area contributed by atoms with Crippen LogP contribution in [-0.2, 0) is 11.3 Å². The Bertz CT molecular complexity index is 582. The summed E-state index contributed by atoms with van der Waals surface area (Å²) in [6.07, 6.45) is 3.85. The van der Waals surface area contributed by atoms with E-state index in [2.05, 4.69) is 41.5 Å². The van der Waals surface area contributed by atoms with Crippen LogP contribution in [0.2, 0.25) is 5.02 Å². The molecule has 5 heteroatoms. The summed E-state index contributed by atoms with van der Waals surface area (Å²) in [5.41, 5.74) is 1.05. The number of benzene rings is 1. The first-order valence-corrected chi connectivity index (χ1v) is 9.34. The Hall–Kier alpha value is -1.10. The third-order valence-corrected chi connectivity index (χ3v) is 5.74. The van der Waals surface area contributed by atoms with Crippen LogP contribution in [-0.4, -0.2) is 41.5 Å². The molecular weight excluding hydrogens is 322 g/mol. The van der Waals surface area contributed by atoms with Gasteiger partial charge in [-0.25, -0.2) is 0 Å². The summed E-state index contributed by atoms with van der Waals surface area (Å²) in [6, 6.07) is 8.99. The standard InChI is InChI=1S/C19H28ClN3O/c1-19(2)17(7-8-18(24)22-19)21-15-9-11-23(12-10-15)13-14-5-3-4-6-16(14)20/h3-6,15,17,21H,7-13H2,1-2H3,(H,22,24). The van der Waals surface area contributed by atoms with Crippen LogP contribution in [0.3, 0.4) is 0 Å². The molecule has 2 fully saturated rings. The van der Waals surface area contributed by atoms with Crippen molar-refractivity contribution in [3.8, 4) is 0 Å². The van der Waals surface area contributed by atoms with Crippen molar-refractivity contribution in [1.82, 2.24) is 15.5 Å². The molecule has 0 radical (unpaired) electrons. The zero-order chi connectivity index (χ0) is 17.2. The van der Waals surface area contributed by atoms with Crippen molar-refractivity contribution in [1.29, 1.82) is 0 Å². The highest BCUT2D eigenvalue weighted by Crippen LogP contribution is 2.23. The van der Waals surface area contributed by atoms with Crippen molar-refractivity contribution in [3.05, 3.63) is 34.9 Å². The monoisotopic (exact) mass is 349 g/mol. The largest absolute Gasteiger partial charge is 0.350 e. The second kappa shape index (κ2) is 7.42. The zero-order valence-electron chi connectivity index (χ0n) is 14.6. The average Bonchev–Trinajstić information content (AvgIpc) is 2.53. The molecule has 2 heterocycles. The molecule has 1 atom stereocenters. The molecule has 0 aromatic heterocycles. The Balaban J connectivity index is 1.49. The smallest absolute Gasteiger partial charge is 0.220 e. The van der Waals surface area contributed by atoms with Crippen LogP contribution in [0, 0.1) is 0 Å². The predicted octanol–water partition coefficient (Wildman–Crippen LogP) is 2.95. The van der Waals surface area contributed by atoms with Gasteiger partial charge in [-0.05, 0) is 57.8 Å². The van der Waals surface area contributed by atoms with Gasteiger partial charge in [0.05, 0.1) is 0 Å². The second-order valence-electron chi connectivity index (χ2n) is 7.67.